The summed E-state index contributed by atoms with van der Waals surface area (Å²) < 4.78 is 0. The minimum atomic E-state index is -0.258. The third kappa shape index (κ3) is 7.21. The van der Waals surface area contributed by atoms with Gasteiger partial charge in [0.15, 0.2) is 0 Å². The maximum Gasteiger partial charge on any atom is 0.229 e. The third-order valence-corrected chi connectivity index (χ3v) is 2.53. The molecule has 0 aliphatic rings. The fourth-order valence-electron chi connectivity index (χ4n) is 1.49. The number of nitrogens with zero attached hydrogens (tertiary/aromatic N) is 1. The Morgan fingerprint density at radius 3 is 2.32 bits per heavy atom. The van der Waals surface area contributed by atoms with Gasteiger partial charge in [-0.2, -0.15) is 0 Å². The van der Waals surface area contributed by atoms with Gasteiger partial charge in [-0.3, -0.25) is 9.59 Å². The van der Waals surface area contributed by atoms with Crippen molar-refractivity contribution in [3.05, 3.63) is 35.9 Å². The summed E-state index contributed by atoms with van der Waals surface area (Å²) >= 11 is 0. The smallest absolute Gasteiger partial charge is 0.229 e. The van der Waals surface area contributed by atoms with Crippen molar-refractivity contribution in [2.45, 2.75) is 13.0 Å². The standard InChI is InChI=1S/C14H21N3O2/c1-17(2)9-8-15-13(18)10-14(19)16-11-12-6-4-3-5-7-12/h3-7H,8-11H2,1-2H3,(H,15,18)(H,16,19). The van der Waals surface area contributed by atoms with Gasteiger partial charge >= 0.3 is 0 Å². The molecule has 1 rings (SSSR count). The summed E-state index contributed by atoms with van der Waals surface area (Å²) in [4.78, 5) is 25.0. The van der Waals surface area contributed by atoms with Crippen molar-refractivity contribution in [1.29, 1.82) is 0 Å². The topological polar surface area (TPSA) is 61.4 Å². The summed E-state index contributed by atoms with van der Waals surface area (Å²) in [5.41, 5.74) is 1.02. The van der Waals surface area contributed by atoms with Crippen LogP contribution in [0.5, 0.6) is 0 Å². The first kappa shape index (κ1) is 15.2. The monoisotopic (exact) mass is 263 g/mol. The Morgan fingerprint density at radius 1 is 1.05 bits per heavy atom. The second kappa shape index (κ2) is 8.26. The van der Waals surface area contributed by atoms with Crippen LogP contribution in [0.4, 0.5) is 0 Å². The van der Waals surface area contributed by atoms with Crippen LogP contribution in [0.3, 0.4) is 0 Å². The quantitative estimate of drug-likeness (QED) is 0.699. The van der Waals surface area contributed by atoms with E-state index >= 15 is 0 Å². The molecule has 0 saturated carbocycles. The van der Waals surface area contributed by atoms with Crippen molar-refractivity contribution in [3.63, 3.8) is 0 Å². The molecule has 5 nitrogen and oxygen atoms in total. The number of benzene rings is 1. The van der Waals surface area contributed by atoms with E-state index in [9.17, 15) is 9.59 Å². The van der Waals surface area contributed by atoms with Crippen LogP contribution in [0.2, 0.25) is 0 Å². The average Bonchev–Trinajstić information content (AvgIpc) is 2.37. The van der Waals surface area contributed by atoms with Crippen LogP contribution < -0.4 is 10.6 Å². The van der Waals surface area contributed by atoms with Crippen LogP contribution in [0.15, 0.2) is 30.3 Å². The van der Waals surface area contributed by atoms with E-state index in [0.29, 0.717) is 13.1 Å². The van der Waals surface area contributed by atoms with E-state index in [1.54, 1.807) is 0 Å². The Labute approximate surface area is 114 Å². The maximum atomic E-state index is 11.5. The molecule has 0 radical (unpaired) electrons. The molecule has 2 N–H and O–H groups in total. The van der Waals surface area contributed by atoms with E-state index in [2.05, 4.69) is 10.6 Å². The molecular formula is C14H21N3O2. The normalized spacial score (nSPS) is 10.3. The highest BCUT2D eigenvalue weighted by Gasteiger charge is 2.08. The zero-order chi connectivity index (χ0) is 14.1. The lowest BCUT2D eigenvalue weighted by atomic mass is 10.2. The fourth-order valence-corrected chi connectivity index (χ4v) is 1.49. The SMILES string of the molecule is CN(C)CCNC(=O)CC(=O)NCc1ccccc1. The molecule has 104 valence electrons. The van der Waals surface area contributed by atoms with Gasteiger partial charge in [-0.1, -0.05) is 30.3 Å². The van der Waals surface area contributed by atoms with Crippen LogP contribution in [0, 0.1) is 0 Å². The molecule has 19 heavy (non-hydrogen) atoms. The van der Waals surface area contributed by atoms with Gasteiger partial charge in [0.25, 0.3) is 0 Å². The van der Waals surface area contributed by atoms with Crippen LogP contribution in [-0.2, 0) is 16.1 Å². The highest BCUT2D eigenvalue weighted by Crippen LogP contribution is 1.97. The molecule has 0 saturated heterocycles. The average molecular weight is 263 g/mol. The number of rotatable bonds is 7. The summed E-state index contributed by atoms with van der Waals surface area (Å²) in [6.07, 6.45) is -0.125. The molecule has 2 amide bonds. The van der Waals surface area contributed by atoms with Crippen LogP contribution >= 0.6 is 0 Å². The highest BCUT2D eigenvalue weighted by atomic mass is 16.2. The Kier molecular flexibility index (Phi) is 6.60. The van der Waals surface area contributed by atoms with Crippen molar-refractivity contribution >= 4 is 11.8 Å². The Morgan fingerprint density at radius 2 is 1.68 bits per heavy atom. The summed E-state index contributed by atoms with van der Waals surface area (Å²) in [6, 6.07) is 9.60. The van der Waals surface area contributed by atoms with Gasteiger partial charge in [0.1, 0.15) is 6.42 Å². The lowest BCUT2D eigenvalue weighted by molar-refractivity contribution is -0.129. The molecule has 1 aromatic rings. The van der Waals surface area contributed by atoms with Crippen molar-refractivity contribution in [2.75, 3.05) is 27.2 Å². The molecule has 0 aromatic heterocycles. The predicted octanol–water partition coefficient (Wildman–Crippen LogP) is 0.371. The largest absolute Gasteiger partial charge is 0.354 e. The molecule has 0 aliphatic heterocycles. The Bertz CT molecular complexity index is 404. The van der Waals surface area contributed by atoms with E-state index in [1.165, 1.54) is 0 Å². The molecule has 0 fully saturated rings. The molecule has 0 bridgehead atoms. The van der Waals surface area contributed by atoms with E-state index in [0.717, 1.165) is 12.1 Å². The van der Waals surface area contributed by atoms with Gasteiger partial charge in [-0.05, 0) is 19.7 Å². The summed E-state index contributed by atoms with van der Waals surface area (Å²) in [6.45, 7) is 1.76. The van der Waals surface area contributed by atoms with Crippen molar-refractivity contribution in [2.24, 2.45) is 0 Å². The van der Waals surface area contributed by atoms with Crippen LogP contribution in [-0.4, -0.2) is 43.9 Å². The number of hydrogen-bond acceptors (Lipinski definition) is 3. The number of amides is 2. The van der Waals surface area contributed by atoms with Crippen molar-refractivity contribution in [3.8, 4) is 0 Å². The molecular weight excluding hydrogens is 242 g/mol. The van der Waals surface area contributed by atoms with Gasteiger partial charge in [0, 0.05) is 19.6 Å². The molecule has 0 aliphatic carbocycles. The van der Waals surface area contributed by atoms with Gasteiger partial charge in [0.05, 0.1) is 0 Å². The summed E-state index contributed by atoms with van der Waals surface area (Å²) in [7, 11) is 3.86. The highest BCUT2D eigenvalue weighted by molar-refractivity contribution is 5.96. The Hall–Kier alpha value is -1.88. The van der Waals surface area contributed by atoms with Crippen molar-refractivity contribution < 1.29 is 9.59 Å². The number of carbonyl (C=O) groups is 2. The minimum absolute atomic E-state index is 0.125. The third-order valence-electron chi connectivity index (χ3n) is 2.53. The molecule has 0 unspecified atom stereocenters. The molecule has 0 atom stereocenters. The van der Waals surface area contributed by atoms with Crippen molar-refractivity contribution in [1.82, 2.24) is 15.5 Å². The lowest BCUT2D eigenvalue weighted by Gasteiger charge is -2.10. The molecule has 5 heteroatoms. The van der Waals surface area contributed by atoms with Gasteiger partial charge in [0.2, 0.25) is 11.8 Å². The first-order valence-electron chi connectivity index (χ1n) is 6.30. The first-order chi connectivity index (χ1) is 9.08. The zero-order valence-corrected chi connectivity index (χ0v) is 11.5. The summed E-state index contributed by atoms with van der Waals surface area (Å²) in [5, 5.41) is 5.42. The number of likely N-dealkylation sites (N-methyl/N-ethyl adjacent to an activating group) is 1. The predicted molar refractivity (Wildman–Crippen MR) is 74.5 cm³/mol. The molecule has 0 spiro atoms. The molecule has 1 aromatic carbocycles. The van der Waals surface area contributed by atoms with Gasteiger partial charge in [-0.25, -0.2) is 0 Å². The number of hydrogen-bond donors (Lipinski definition) is 2. The zero-order valence-electron chi connectivity index (χ0n) is 11.5. The Balaban J connectivity index is 2.18. The number of nitrogens with one attached hydrogen (secondary N) is 2. The maximum absolute atomic E-state index is 11.5. The first-order valence-corrected chi connectivity index (χ1v) is 6.30. The van der Waals surface area contributed by atoms with E-state index in [4.69, 9.17) is 0 Å². The summed E-state index contributed by atoms with van der Waals surface area (Å²) in [5.74, 6) is -0.501. The van der Waals surface area contributed by atoms with Crippen LogP contribution in [0.1, 0.15) is 12.0 Å². The fraction of sp³-hybridized carbons (Fsp3) is 0.429. The second-order valence-electron chi connectivity index (χ2n) is 4.59. The van der Waals surface area contributed by atoms with E-state index < -0.39 is 0 Å². The lowest BCUT2D eigenvalue weighted by Crippen LogP contribution is -2.35. The minimum Gasteiger partial charge on any atom is -0.354 e. The van der Waals surface area contributed by atoms with Gasteiger partial charge in [-0.15, -0.1) is 0 Å². The van der Waals surface area contributed by atoms with Crippen LogP contribution in [0.25, 0.3) is 0 Å². The molecule has 0 heterocycles. The van der Waals surface area contributed by atoms with E-state index in [-0.39, 0.29) is 18.2 Å². The van der Waals surface area contributed by atoms with E-state index in [1.807, 2.05) is 49.3 Å². The number of carbonyl (C=O) groups excluding carboxylic acids is 2. The van der Waals surface area contributed by atoms with Gasteiger partial charge < -0.3 is 15.5 Å². The second-order valence-corrected chi connectivity index (χ2v) is 4.59.